The first-order chi connectivity index (χ1) is 10.6. The molecule has 1 rings (SSSR count). The minimum Gasteiger partial charge on any atom is -0.543 e. The molecule has 1 aromatic rings. The van der Waals surface area contributed by atoms with Crippen LogP contribution in [0.15, 0.2) is 18.3 Å². The number of nitrogens with zero attached hydrogens (tertiary/aromatic N) is 1. The third kappa shape index (κ3) is 11.0. The highest BCUT2D eigenvalue weighted by Crippen LogP contribution is 2.10. The van der Waals surface area contributed by atoms with Gasteiger partial charge < -0.3 is 30.1 Å². The normalized spacial score (nSPS) is 15.8. The van der Waals surface area contributed by atoms with E-state index < -0.39 is 24.3 Å². The van der Waals surface area contributed by atoms with Crippen molar-refractivity contribution in [3.05, 3.63) is 29.0 Å². The van der Waals surface area contributed by atoms with Gasteiger partial charge in [-0.25, -0.2) is 0 Å². The zero-order chi connectivity index (χ0) is 18.0. The number of carboxylic acids is 1. The van der Waals surface area contributed by atoms with Gasteiger partial charge in [0.05, 0.1) is 11.0 Å². The second kappa shape index (κ2) is 11.3. The monoisotopic (exact) mass is 348 g/mol. The van der Waals surface area contributed by atoms with Crippen LogP contribution in [0.5, 0.6) is 0 Å². The van der Waals surface area contributed by atoms with Crippen molar-refractivity contribution >= 4 is 17.6 Å². The van der Waals surface area contributed by atoms with Gasteiger partial charge in [-0.3, -0.25) is 4.98 Å². The molecule has 0 saturated heterocycles. The number of aromatic nitrogens is 1. The molecule has 0 amide bonds. The maximum Gasteiger partial charge on any atom is 0.104 e. The summed E-state index contributed by atoms with van der Waals surface area (Å²) in [6.45, 7) is 6.83. The van der Waals surface area contributed by atoms with Crippen molar-refractivity contribution < 1.29 is 30.1 Å². The van der Waals surface area contributed by atoms with Gasteiger partial charge in [0.25, 0.3) is 0 Å². The second-order valence-corrected chi connectivity index (χ2v) is 5.94. The van der Waals surface area contributed by atoms with Gasteiger partial charge in [-0.15, -0.1) is 0 Å². The highest BCUT2D eigenvalue weighted by Gasteiger charge is 2.16. The highest BCUT2D eigenvalue weighted by atomic mass is 35.5. The Kier molecular flexibility index (Phi) is 10.7. The standard InChI is InChI=1S/C9H21NO3.C6H4ClNO2/c1-7(11)4-10(5-8(2)12)6-9(3)13;7-4-2-1-3-8-5(4)6(9)10/h7-9,11-13H,4-6H2,1-3H3;1-3H,(H,9,10). The third-order valence-electron chi connectivity index (χ3n) is 2.70. The van der Waals surface area contributed by atoms with Crippen LogP contribution in [0.4, 0.5) is 0 Å². The van der Waals surface area contributed by atoms with E-state index >= 15 is 0 Å². The molecule has 3 atom stereocenters. The zero-order valence-electron chi connectivity index (χ0n) is 13.6. The predicted octanol–water partition coefficient (Wildman–Crippen LogP) is -1.89. The van der Waals surface area contributed by atoms with Crippen LogP contribution in [0, 0.1) is 0 Å². The minimum absolute atomic E-state index is 0.0995. The molecule has 8 heteroatoms. The average molecular weight is 349 g/mol. The lowest BCUT2D eigenvalue weighted by Crippen LogP contribution is -3.15. The second-order valence-electron chi connectivity index (χ2n) is 5.53. The van der Waals surface area contributed by atoms with Crippen LogP contribution in [0.3, 0.4) is 0 Å². The van der Waals surface area contributed by atoms with E-state index in [1.54, 1.807) is 26.8 Å². The maximum atomic E-state index is 10.2. The Morgan fingerprint density at radius 1 is 1.17 bits per heavy atom. The number of nitrogens with one attached hydrogen (secondary N) is 1. The Bertz CT molecular complexity index is 445. The van der Waals surface area contributed by atoms with Gasteiger partial charge in [-0.2, -0.15) is 0 Å². The predicted molar refractivity (Wildman–Crippen MR) is 84.2 cm³/mol. The van der Waals surface area contributed by atoms with E-state index in [4.69, 9.17) is 26.9 Å². The molecular weight excluding hydrogens is 324 g/mol. The molecular formula is C15H25ClN2O5. The molecule has 7 nitrogen and oxygen atoms in total. The Labute approximate surface area is 141 Å². The van der Waals surface area contributed by atoms with E-state index in [0.29, 0.717) is 19.6 Å². The van der Waals surface area contributed by atoms with Crippen molar-refractivity contribution in [3.63, 3.8) is 0 Å². The smallest absolute Gasteiger partial charge is 0.104 e. The number of aliphatic hydroxyl groups is 3. The summed E-state index contributed by atoms with van der Waals surface area (Å²) in [5.41, 5.74) is -0.218. The molecule has 1 aromatic heterocycles. The number of aromatic carboxylic acids is 1. The molecule has 0 spiro atoms. The lowest BCUT2D eigenvalue weighted by atomic mass is 10.2. The molecule has 23 heavy (non-hydrogen) atoms. The Morgan fingerprint density at radius 3 is 1.87 bits per heavy atom. The summed E-state index contributed by atoms with van der Waals surface area (Å²) in [6.07, 6.45) is 0.157. The quantitative estimate of drug-likeness (QED) is 0.458. The van der Waals surface area contributed by atoms with Crippen LogP contribution in [0.1, 0.15) is 31.3 Å². The first-order valence-electron chi connectivity index (χ1n) is 7.33. The molecule has 0 aliphatic rings. The summed E-state index contributed by atoms with van der Waals surface area (Å²) in [7, 11) is 0. The van der Waals surface area contributed by atoms with Crippen molar-refractivity contribution in [2.45, 2.75) is 39.1 Å². The number of pyridine rings is 1. The highest BCUT2D eigenvalue weighted by molar-refractivity contribution is 6.33. The minimum atomic E-state index is -1.36. The van der Waals surface area contributed by atoms with Crippen molar-refractivity contribution in [3.8, 4) is 0 Å². The van der Waals surface area contributed by atoms with Crippen molar-refractivity contribution in [1.82, 2.24) is 4.98 Å². The molecule has 3 unspecified atom stereocenters. The fourth-order valence-corrected chi connectivity index (χ4v) is 2.24. The van der Waals surface area contributed by atoms with E-state index in [0.717, 1.165) is 4.90 Å². The third-order valence-corrected chi connectivity index (χ3v) is 3.01. The molecule has 0 fully saturated rings. The van der Waals surface area contributed by atoms with Gasteiger partial charge >= 0.3 is 0 Å². The number of carboxylic acid groups (broad SMARTS) is 1. The number of halogens is 1. The Balaban J connectivity index is 0.000000433. The van der Waals surface area contributed by atoms with Gasteiger partial charge in [0.1, 0.15) is 43.6 Å². The van der Waals surface area contributed by atoms with Crippen molar-refractivity contribution in [2.75, 3.05) is 19.6 Å². The molecule has 0 aliphatic carbocycles. The maximum absolute atomic E-state index is 10.2. The van der Waals surface area contributed by atoms with E-state index in [-0.39, 0.29) is 10.7 Å². The van der Waals surface area contributed by atoms with E-state index in [1.807, 2.05) is 0 Å². The van der Waals surface area contributed by atoms with Crippen LogP contribution in [0.25, 0.3) is 0 Å². The topological polar surface area (TPSA) is 118 Å². The first kappa shape index (κ1) is 21.8. The number of carbonyl (C=O) groups excluding carboxylic acids is 1. The number of aliphatic hydroxyl groups excluding tert-OH is 3. The number of hydrogen-bond donors (Lipinski definition) is 4. The summed E-state index contributed by atoms with van der Waals surface area (Å²) in [4.78, 5) is 14.7. The number of rotatable bonds is 7. The van der Waals surface area contributed by atoms with Crippen LogP contribution in [-0.2, 0) is 0 Å². The van der Waals surface area contributed by atoms with Gasteiger partial charge in [0.15, 0.2) is 0 Å². The lowest BCUT2D eigenvalue weighted by Gasteiger charge is -2.23. The summed E-state index contributed by atoms with van der Waals surface area (Å²) < 4.78 is 0. The fraction of sp³-hybridized carbons (Fsp3) is 0.600. The van der Waals surface area contributed by atoms with Gasteiger partial charge in [-0.1, -0.05) is 11.6 Å². The SMILES string of the molecule is CC(O)C[NH+](CC(C)O)CC(C)O.O=C([O-])c1ncccc1Cl. The average Bonchev–Trinajstić information content (AvgIpc) is 2.37. The van der Waals surface area contributed by atoms with E-state index in [2.05, 4.69) is 4.98 Å². The van der Waals surface area contributed by atoms with Crippen LogP contribution in [-0.4, -0.2) is 64.2 Å². The van der Waals surface area contributed by atoms with Crippen molar-refractivity contribution in [1.29, 1.82) is 0 Å². The van der Waals surface area contributed by atoms with Gasteiger partial charge in [0.2, 0.25) is 0 Å². The van der Waals surface area contributed by atoms with E-state index in [1.165, 1.54) is 12.3 Å². The summed E-state index contributed by atoms with van der Waals surface area (Å²) in [5, 5.41) is 37.8. The van der Waals surface area contributed by atoms with Crippen molar-refractivity contribution in [2.24, 2.45) is 0 Å². The number of hydrogen-bond acceptors (Lipinski definition) is 6. The summed E-state index contributed by atoms with van der Waals surface area (Å²) in [6, 6.07) is 2.99. The molecule has 0 aromatic carbocycles. The lowest BCUT2D eigenvalue weighted by molar-refractivity contribution is -0.908. The Hall–Kier alpha value is -1.25. The molecule has 0 saturated carbocycles. The molecule has 1 heterocycles. The summed E-state index contributed by atoms with van der Waals surface area (Å²) >= 11 is 5.44. The van der Waals surface area contributed by atoms with Crippen LogP contribution >= 0.6 is 11.6 Å². The fourth-order valence-electron chi connectivity index (χ4n) is 2.04. The molecule has 132 valence electrons. The summed E-state index contributed by atoms with van der Waals surface area (Å²) in [5.74, 6) is -1.36. The van der Waals surface area contributed by atoms with Crippen LogP contribution < -0.4 is 10.0 Å². The molecule has 4 N–H and O–H groups in total. The molecule has 0 bridgehead atoms. The Morgan fingerprint density at radius 2 is 1.61 bits per heavy atom. The first-order valence-corrected chi connectivity index (χ1v) is 7.70. The number of quaternary nitrogens is 1. The van der Waals surface area contributed by atoms with E-state index in [9.17, 15) is 9.90 Å². The van der Waals surface area contributed by atoms with Gasteiger partial charge in [0, 0.05) is 6.20 Å². The zero-order valence-corrected chi connectivity index (χ0v) is 14.3. The largest absolute Gasteiger partial charge is 0.543 e. The van der Waals surface area contributed by atoms with Gasteiger partial charge in [-0.05, 0) is 32.9 Å². The molecule has 0 aliphatic heterocycles. The number of carbonyl (C=O) groups is 1. The molecule has 0 radical (unpaired) electrons. The van der Waals surface area contributed by atoms with Crippen LogP contribution in [0.2, 0.25) is 5.02 Å².